The Kier molecular flexibility index (Phi) is 3.39. The molecule has 0 aromatic heterocycles. The summed E-state index contributed by atoms with van der Waals surface area (Å²) in [5.41, 5.74) is 8.13. The summed E-state index contributed by atoms with van der Waals surface area (Å²) in [4.78, 5) is 0. The number of ether oxygens (including phenoxy) is 1. The number of phenolic OH excluding ortho intramolecular Hbond substituents is 1. The van der Waals surface area contributed by atoms with Gasteiger partial charge in [0.05, 0.1) is 7.11 Å². The van der Waals surface area contributed by atoms with Gasteiger partial charge in [-0.3, -0.25) is 0 Å². The molecule has 4 heteroatoms. The zero-order valence-corrected chi connectivity index (χ0v) is 10.1. The van der Waals surface area contributed by atoms with Crippen LogP contribution in [-0.4, -0.2) is 12.2 Å². The molecule has 0 atom stereocenters. The van der Waals surface area contributed by atoms with Crippen LogP contribution in [0.3, 0.4) is 0 Å². The Morgan fingerprint density at radius 3 is 2.36 bits per heavy atom. The van der Waals surface area contributed by atoms with Gasteiger partial charge < -0.3 is 15.6 Å². The van der Waals surface area contributed by atoms with Gasteiger partial charge in [-0.1, -0.05) is 15.9 Å². The van der Waals surface area contributed by atoms with Crippen LogP contribution in [0.1, 0.15) is 16.7 Å². The maximum Gasteiger partial charge on any atom is 0.164 e. The number of phenols is 1. The number of hydrogen-bond donors (Lipinski definition) is 2. The predicted octanol–water partition coefficient (Wildman–Crippen LogP) is 2.24. The summed E-state index contributed by atoms with van der Waals surface area (Å²) in [6, 6.07) is 0. The Morgan fingerprint density at radius 1 is 1.36 bits per heavy atom. The van der Waals surface area contributed by atoms with Crippen LogP contribution in [0.25, 0.3) is 0 Å². The summed E-state index contributed by atoms with van der Waals surface area (Å²) < 4.78 is 6.06. The molecule has 14 heavy (non-hydrogen) atoms. The van der Waals surface area contributed by atoms with Gasteiger partial charge in [0.15, 0.2) is 11.5 Å². The van der Waals surface area contributed by atoms with E-state index in [1.165, 1.54) is 7.11 Å². The molecule has 3 N–H and O–H groups in total. The van der Waals surface area contributed by atoms with Crippen molar-refractivity contribution < 1.29 is 9.84 Å². The SMILES string of the molecule is COc1c(C)c(Br)c(C)c(CN)c1O. The van der Waals surface area contributed by atoms with Crippen LogP contribution in [0.4, 0.5) is 0 Å². The standard InChI is InChI=1S/C10H14BrNO2/c1-5-7(4-12)9(13)10(14-3)6(2)8(5)11/h13H,4,12H2,1-3H3. The van der Waals surface area contributed by atoms with Crippen molar-refractivity contribution >= 4 is 15.9 Å². The fourth-order valence-corrected chi connectivity index (χ4v) is 1.92. The number of aromatic hydroxyl groups is 1. The van der Waals surface area contributed by atoms with Gasteiger partial charge in [-0.05, 0) is 19.4 Å². The molecule has 78 valence electrons. The van der Waals surface area contributed by atoms with Crippen molar-refractivity contribution in [1.82, 2.24) is 0 Å². The van der Waals surface area contributed by atoms with Crippen molar-refractivity contribution in [3.05, 3.63) is 21.2 Å². The van der Waals surface area contributed by atoms with Crippen LogP contribution in [-0.2, 0) is 6.54 Å². The van der Waals surface area contributed by atoms with Gasteiger partial charge in [-0.25, -0.2) is 0 Å². The lowest BCUT2D eigenvalue weighted by Gasteiger charge is -2.15. The number of hydrogen-bond acceptors (Lipinski definition) is 3. The average Bonchev–Trinajstić information content (AvgIpc) is 2.16. The number of benzene rings is 1. The van der Waals surface area contributed by atoms with Crippen LogP contribution in [0, 0.1) is 13.8 Å². The van der Waals surface area contributed by atoms with Gasteiger partial charge in [0, 0.05) is 22.1 Å². The van der Waals surface area contributed by atoms with E-state index in [4.69, 9.17) is 10.5 Å². The van der Waals surface area contributed by atoms with E-state index in [1.807, 2.05) is 13.8 Å². The smallest absolute Gasteiger partial charge is 0.164 e. The first kappa shape index (κ1) is 11.3. The zero-order valence-electron chi connectivity index (χ0n) is 8.52. The first-order valence-electron chi connectivity index (χ1n) is 4.29. The van der Waals surface area contributed by atoms with Crippen LogP contribution in [0.2, 0.25) is 0 Å². The largest absolute Gasteiger partial charge is 0.504 e. The minimum absolute atomic E-state index is 0.146. The predicted molar refractivity (Wildman–Crippen MR) is 59.7 cm³/mol. The molecule has 0 aliphatic rings. The van der Waals surface area contributed by atoms with E-state index in [1.54, 1.807) is 0 Å². The molecular weight excluding hydrogens is 246 g/mol. The van der Waals surface area contributed by atoms with E-state index in [9.17, 15) is 5.11 Å². The van der Waals surface area contributed by atoms with Crippen molar-refractivity contribution in [3.8, 4) is 11.5 Å². The van der Waals surface area contributed by atoms with E-state index in [0.29, 0.717) is 12.3 Å². The number of methoxy groups -OCH3 is 1. The van der Waals surface area contributed by atoms with Crippen molar-refractivity contribution in [2.24, 2.45) is 5.73 Å². The molecule has 0 aliphatic heterocycles. The average molecular weight is 260 g/mol. The molecule has 0 spiro atoms. The molecule has 0 bridgehead atoms. The third-order valence-corrected chi connectivity index (χ3v) is 3.55. The zero-order chi connectivity index (χ0) is 10.9. The molecule has 0 amide bonds. The first-order valence-corrected chi connectivity index (χ1v) is 5.08. The van der Waals surface area contributed by atoms with E-state index in [-0.39, 0.29) is 5.75 Å². The molecular formula is C10H14BrNO2. The fraction of sp³-hybridized carbons (Fsp3) is 0.400. The Bertz CT molecular complexity index is 333. The minimum atomic E-state index is 0.146. The van der Waals surface area contributed by atoms with Gasteiger partial charge in [0.25, 0.3) is 0 Å². The van der Waals surface area contributed by atoms with Crippen molar-refractivity contribution in [2.75, 3.05) is 7.11 Å². The molecule has 1 rings (SSSR count). The van der Waals surface area contributed by atoms with Crippen molar-refractivity contribution in [2.45, 2.75) is 20.4 Å². The van der Waals surface area contributed by atoms with Crippen LogP contribution >= 0.6 is 15.9 Å². The number of rotatable bonds is 2. The fourth-order valence-electron chi connectivity index (χ4n) is 1.51. The third-order valence-electron chi connectivity index (χ3n) is 2.36. The lowest BCUT2D eigenvalue weighted by molar-refractivity contribution is 0.367. The van der Waals surface area contributed by atoms with Gasteiger partial charge in [0.2, 0.25) is 0 Å². The number of nitrogens with two attached hydrogens (primary N) is 1. The molecule has 1 aromatic carbocycles. The van der Waals surface area contributed by atoms with E-state index < -0.39 is 0 Å². The highest BCUT2D eigenvalue weighted by Crippen LogP contribution is 2.40. The summed E-state index contributed by atoms with van der Waals surface area (Å²) in [5, 5.41) is 9.85. The Balaban J connectivity index is 3.56. The topological polar surface area (TPSA) is 55.5 Å². The van der Waals surface area contributed by atoms with Gasteiger partial charge in [0.1, 0.15) is 0 Å². The van der Waals surface area contributed by atoms with Crippen molar-refractivity contribution in [1.29, 1.82) is 0 Å². The summed E-state index contributed by atoms with van der Waals surface area (Å²) in [7, 11) is 1.53. The van der Waals surface area contributed by atoms with Crippen LogP contribution < -0.4 is 10.5 Å². The highest BCUT2D eigenvalue weighted by Gasteiger charge is 2.17. The molecule has 0 fully saturated rings. The second-order valence-electron chi connectivity index (χ2n) is 3.13. The molecule has 0 radical (unpaired) electrons. The quantitative estimate of drug-likeness (QED) is 0.857. The highest BCUT2D eigenvalue weighted by atomic mass is 79.9. The van der Waals surface area contributed by atoms with E-state index in [0.717, 1.165) is 21.2 Å². The molecule has 0 unspecified atom stereocenters. The van der Waals surface area contributed by atoms with Crippen molar-refractivity contribution in [3.63, 3.8) is 0 Å². The lowest BCUT2D eigenvalue weighted by atomic mass is 10.0. The molecule has 0 saturated heterocycles. The first-order chi connectivity index (χ1) is 6.54. The Labute approximate surface area is 92.0 Å². The molecule has 3 nitrogen and oxygen atoms in total. The van der Waals surface area contributed by atoms with E-state index in [2.05, 4.69) is 15.9 Å². The second kappa shape index (κ2) is 4.19. The van der Waals surface area contributed by atoms with E-state index >= 15 is 0 Å². The maximum absolute atomic E-state index is 9.85. The van der Waals surface area contributed by atoms with Gasteiger partial charge >= 0.3 is 0 Å². The highest BCUT2D eigenvalue weighted by molar-refractivity contribution is 9.10. The summed E-state index contributed by atoms with van der Waals surface area (Å²) >= 11 is 3.45. The third kappa shape index (κ3) is 1.60. The molecule has 1 aromatic rings. The minimum Gasteiger partial charge on any atom is -0.504 e. The summed E-state index contributed by atoms with van der Waals surface area (Å²) in [6.07, 6.45) is 0. The number of halogens is 1. The molecule has 0 aliphatic carbocycles. The Hall–Kier alpha value is -0.740. The molecule has 0 saturated carbocycles. The van der Waals surface area contributed by atoms with Crippen LogP contribution in [0.15, 0.2) is 4.47 Å². The summed E-state index contributed by atoms with van der Waals surface area (Å²) in [6.45, 7) is 4.10. The molecule has 0 heterocycles. The normalized spacial score (nSPS) is 10.4. The Morgan fingerprint density at radius 2 is 1.93 bits per heavy atom. The monoisotopic (exact) mass is 259 g/mol. The van der Waals surface area contributed by atoms with Crippen LogP contribution in [0.5, 0.6) is 11.5 Å². The van der Waals surface area contributed by atoms with Gasteiger partial charge in [-0.2, -0.15) is 0 Å². The summed E-state index contributed by atoms with van der Waals surface area (Å²) in [5.74, 6) is 0.635. The lowest BCUT2D eigenvalue weighted by Crippen LogP contribution is -2.03. The maximum atomic E-state index is 9.85. The second-order valence-corrected chi connectivity index (χ2v) is 3.92. The van der Waals surface area contributed by atoms with Gasteiger partial charge in [-0.15, -0.1) is 0 Å².